The van der Waals surface area contributed by atoms with Crippen molar-refractivity contribution in [2.75, 3.05) is 6.54 Å². The van der Waals surface area contributed by atoms with Gasteiger partial charge in [0.15, 0.2) is 0 Å². The van der Waals surface area contributed by atoms with Crippen LogP contribution in [0.4, 0.5) is 4.79 Å². The molecule has 194 valence electrons. The van der Waals surface area contributed by atoms with Gasteiger partial charge in [-0.3, -0.25) is 4.57 Å². The lowest BCUT2D eigenvalue weighted by atomic mass is 10.1. The molecule has 0 fully saturated rings. The second-order valence-corrected chi connectivity index (χ2v) is 10.5. The van der Waals surface area contributed by atoms with Crippen LogP contribution in [0, 0.1) is 0 Å². The average molecular weight is 521 g/mol. The Morgan fingerprint density at radius 2 is 1.76 bits per heavy atom. The van der Waals surface area contributed by atoms with E-state index in [1.807, 2.05) is 49.4 Å². The molecule has 0 saturated heterocycles. The van der Waals surface area contributed by atoms with Crippen molar-refractivity contribution in [1.82, 2.24) is 19.6 Å². The number of nitrogens with zero attached hydrogens (tertiary/aromatic N) is 2. The molecule has 4 aromatic rings. The van der Waals surface area contributed by atoms with E-state index in [1.165, 1.54) is 6.07 Å². The van der Waals surface area contributed by atoms with E-state index in [0.29, 0.717) is 18.4 Å². The van der Waals surface area contributed by atoms with Gasteiger partial charge >= 0.3 is 6.03 Å². The molecule has 2 amide bonds. The Morgan fingerprint density at radius 3 is 2.43 bits per heavy atom. The van der Waals surface area contributed by atoms with Crippen LogP contribution in [0.15, 0.2) is 71.6 Å². The number of aliphatic hydroxyl groups excluding tert-OH is 1. The smallest absolute Gasteiger partial charge is 0.328 e. The maximum Gasteiger partial charge on any atom is 0.328 e. The highest BCUT2D eigenvalue weighted by Gasteiger charge is 2.20. The molecule has 1 atom stereocenters. The molecule has 3 N–H and O–H groups in total. The number of carbonyl (C=O) groups excluding carboxylic acids is 1. The van der Waals surface area contributed by atoms with Crippen LogP contribution in [0.2, 0.25) is 0 Å². The Labute approximate surface area is 217 Å². The Morgan fingerprint density at radius 1 is 1.03 bits per heavy atom. The first-order chi connectivity index (χ1) is 17.7. The lowest BCUT2D eigenvalue weighted by molar-refractivity contribution is 0.199. The maximum atomic E-state index is 12.6. The first-order valence-corrected chi connectivity index (χ1v) is 13.9. The van der Waals surface area contributed by atoms with E-state index in [9.17, 15) is 18.3 Å². The monoisotopic (exact) mass is 520 g/mol. The number of urea groups is 1. The molecule has 0 saturated carbocycles. The van der Waals surface area contributed by atoms with Crippen LogP contribution in [0.5, 0.6) is 0 Å². The summed E-state index contributed by atoms with van der Waals surface area (Å²) in [5, 5.41) is 12.5. The van der Waals surface area contributed by atoms with Crippen molar-refractivity contribution in [2.24, 2.45) is 0 Å². The molecule has 0 aliphatic heterocycles. The van der Waals surface area contributed by atoms with Crippen molar-refractivity contribution in [3.05, 3.63) is 89.2 Å². The van der Waals surface area contributed by atoms with Crippen LogP contribution in [-0.2, 0) is 29.3 Å². The predicted octanol–water partition coefficient (Wildman–Crippen LogP) is 4.43. The van der Waals surface area contributed by atoms with E-state index in [-0.39, 0.29) is 11.4 Å². The topological polar surface area (TPSA) is 113 Å². The maximum absolute atomic E-state index is 12.6. The van der Waals surface area contributed by atoms with Gasteiger partial charge in [-0.15, -0.1) is 0 Å². The van der Waals surface area contributed by atoms with Gasteiger partial charge < -0.3 is 10.4 Å². The largest absolute Gasteiger partial charge is 0.389 e. The van der Waals surface area contributed by atoms with Crippen LogP contribution in [0.3, 0.4) is 0 Å². The van der Waals surface area contributed by atoms with Crippen LogP contribution in [0.25, 0.3) is 16.7 Å². The quantitative estimate of drug-likeness (QED) is 0.302. The van der Waals surface area contributed by atoms with Crippen molar-refractivity contribution in [3.63, 3.8) is 0 Å². The lowest BCUT2D eigenvalue weighted by Gasteiger charge is -2.12. The third-order valence-electron chi connectivity index (χ3n) is 6.31. The van der Waals surface area contributed by atoms with Gasteiger partial charge in [0.1, 0.15) is 5.82 Å². The van der Waals surface area contributed by atoms with Gasteiger partial charge in [-0.2, -0.15) is 0 Å². The number of imidazole rings is 1. The summed E-state index contributed by atoms with van der Waals surface area (Å²) in [6, 6.07) is 19.7. The summed E-state index contributed by atoms with van der Waals surface area (Å²) < 4.78 is 29.4. The molecular formula is C28H32N4O4S. The van der Waals surface area contributed by atoms with E-state index in [4.69, 9.17) is 4.98 Å². The zero-order chi connectivity index (χ0) is 26.6. The van der Waals surface area contributed by atoms with E-state index < -0.39 is 22.2 Å². The van der Waals surface area contributed by atoms with Gasteiger partial charge in [0.25, 0.3) is 10.0 Å². The van der Waals surface area contributed by atoms with Crippen molar-refractivity contribution < 1.29 is 18.3 Å². The standard InChI is InChI=1S/C28H32N4O4S/c1-4-21-8-6-7-9-26(21)37(35,36)31-28(34)29-17-16-20-10-13-23(14-11-20)32-25-15-12-22(19(3)33)18-24(25)30-27(32)5-2/h6-15,18-19,33H,4-5,16-17H2,1-3H3,(H2,29,31,34). The van der Waals surface area contributed by atoms with Gasteiger partial charge in [0.2, 0.25) is 0 Å². The van der Waals surface area contributed by atoms with Crippen LogP contribution in [0.1, 0.15) is 49.4 Å². The van der Waals surface area contributed by atoms with E-state index in [0.717, 1.165) is 40.1 Å². The van der Waals surface area contributed by atoms with Crippen molar-refractivity contribution in [2.45, 2.75) is 51.0 Å². The molecule has 8 nitrogen and oxygen atoms in total. The molecule has 1 unspecified atom stereocenters. The van der Waals surface area contributed by atoms with Crippen LogP contribution >= 0.6 is 0 Å². The highest BCUT2D eigenvalue weighted by molar-refractivity contribution is 7.90. The van der Waals surface area contributed by atoms with E-state index >= 15 is 0 Å². The van der Waals surface area contributed by atoms with Gasteiger partial charge in [0.05, 0.1) is 22.0 Å². The average Bonchev–Trinajstić information content (AvgIpc) is 3.26. The molecule has 37 heavy (non-hydrogen) atoms. The summed E-state index contributed by atoms with van der Waals surface area (Å²) in [4.78, 5) is 17.1. The molecule has 0 aliphatic rings. The Bertz CT molecular complexity index is 1510. The number of hydrogen-bond acceptors (Lipinski definition) is 5. The number of aliphatic hydroxyl groups is 1. The molecule has 1 aromatic heterocycles. The summed E-state index contributed by atoms with van der Waals surface area (Å²) >= 11 is 0. The van der Waals surface area contributed by atoms with Crippen molar-refractivity contribution in [3.8, 4) is 5.69 Å². The third kappa shape index (κ3) is 5.84. The van der Waals surface area contributed by atoms with Crippen LogP contribution in [-0.4, -0.2) is 35.7 Å². The highest BCUT2D eigenvalue weighted by Crippen LogP contribution is 2.25. The summed E-state index contributed by atoms with van der Waals surface area (Å²) in [7, 11) is -3.94. The van der Waals surface area contributed by atoms with E-state index in [2.05, 4.69) is 21.5 Å². The number of aromatic nitrogens is 2. The van der Waals surface area contributed by atoms with Crippen molar-refractivity contribution in [1.29, 1.82) is 0 Å². The molecule has 4 rings (SSSR count). The minimum absolute atomic E-state index is 0.115. The number of amides is 2. The molecule has 0 aliphatic carbocycles. The number of rotatable bonds is 9. The minimum atomic E-state index is -3.94. The highest BCUT2D eigenvalue weighted by atomic mass is 32.2. The fourth-order valence-corrected chi connectivity index (χ4v) is 5.58. The molecule has 3 aromatic carbocycles. The zero-order valence-corrected chi connectivity index (χ0v) is 22.0. The van der Waals surface area contributed by atoms with Gasteiger partial charge in [-0.1, -0.05) is 50.2 Å². The number of hydrogen-bond donors (Lipinski definition) is 3. The summed E-state index contributed by atoms with van der Waals surface area (Å²) in [6.07, 6.45) is 1.29. The predicted molar refractivity (Wildman–Crippen MR) is 144 cm³/mol. The molecule has 0 bridgehead atoms. The molecular weight excluding hydrogens is 488 g/mol. The molecule has 0 spiro atoms. The second kappa shape index (κ2) is 11.1. The normalized spacial score (nSPS) is 12.4. The fourth-order valence-electron chi connectivity index (χ4n) is 4.34. The Balaban J connectivity index is 1.40. The third-order valence-corrected chi connectivity index (χ3v) is 7.74. The molecule has 1 heterocycles. The van der Waals surface area contributed by atoms with Gasteiger partial charge in [-0.25, -0.2) is 22.9 Å². The van der Waals surface area contributed by atoms with Gasteiger partial charge in [-0.05, 0) is 66.8 Å². The minimum Gasteiger partial charge on any atom is -0.389 e. The van der Waals surface area contributed by atoms with Crippen LogP contribution < -0.4 is 10.0 Å². The molecule has 9 heteroatoms. The second-order valence-electron chi connectivity index (χ2n) is 8.88. The number of fused-ring (bicyclic) bond motifs is 1. The number of sulfonamides is 1. The lowest BCUT2D eigenvalue weighted by Crippen LogP contribution is -2.40. The number of nitrogens with one attached hydrogen (secondary N) is 2. The first kappa shape index (κ1) is 26.4. The number of carbonyl (C=O) groups is 1. The Kier molecular flexibility index (Phi) is 7.94. The van der Waals surface area contributed by atoms with E-state index in [1.54, 1.807) is 25.1 Å². The fraction of sp³-hybridized carbons (Fsp3) is 0.286. The number of aryl methyl sites for hydroxylation is 2. The number of benzene rings is 3. The summed E-state index contributed by atoms with van der Waals surface area (Å²) in [5.74, 6) is 0.926. The van der Waals surface area contributed by atoms with Crippen molar-refractivity contribution >= 4 is 27.1 Å². The van der Waals surface area contributed by atoms with Gasteiger partial charge in [0, 0.05) is 18.7 Å². The summed E-state index contributed by atoms with van der Waals surface area (Å²) in [6.45, 7) is 5.94. The molecule has 0 radical (unpaired) electrons. The summed E-state index contributed by atoms with van der Waals surface area (Å²) in [5.41, 5.74) is 5.27. The first-order valence-electron chi connectivity index (χ1n) is 12.4. The zero-order valence-electron chi connectivity index (χ0n) is 21.2. The SMILES string of the molecule is CCc1ccccc1S(=O)(=O)NC(=O)NCCc1ccc(-n2c(CC)nc3cc(C(C)O)ccc32)cc1. The Hall–Kier alpha value is -3.69.